The number of ether oxygens (including phenoxy) is 10. The Kier molecular flexibility index (Phi) is 22.6. The number of hydrogen-bond acceptors (Lipinski definition) is 27. The van der Waals surface area contributed by atoms with E-state index >= 15 is 0 Å². The van der Waals surface area contributed by atoms with Gasteiger partial charge in [-0.1, -0.05) is 59.1 Å². The number of rotatable bonds is 21. The molecular formula is C58H98O27. The molecule has 9 aliphatic rings. The summed E-state index contributed by atoms with van der Waals surface area (Å²) >= 11 is 0. The maximum Gasteiger partial charge on any atom is 0.187 e. The van der Waals surface area contributed by atoms with Crippen molar-refractivity contribution < 1.29 is 134 Å². The van der Waals surface area contributed by atoms with Crippen molar-refractivity contribution in [1.29, 1.82) is 0 Å². The predicted molar refractivity (Wildman–Crippen MR) is 288 cm³/mol. The van der Waals surface area contributed by atoms with E-state index in [1.165, 1.54) is 5.57 Å². The van der Waals surface area contributed by atoms with Crippen molar-refractivity contribution in [2.24, 2.45) is 52.3 Å². The summed E-state index contributed by atoms with van der Waals surface area (Å²) in [7, 11) is 0. The SMILES string of the molecule is CC(CCC(C)C1CCC2C3CC=C4CC(OC5OC(CO)C(O)C(O)C5O)CCC4(C)C3CCC12C)C(C)COC1OC(COC2OC(CO)C(OC3OC(CO)C(O)C(O)C3O)C(O)C2O)C(O)C(O)C1OC1OC(CO)C(O)C(O)C1O. The molecule has 5 aliphatic heterocycles. The lowest BCUT2D eigenvalue weighted by Crippen LogP contribution is -2.66. The molecule has 27 nitrogen and oxygen atoms in total. The minimum Gasteiger partial charge on any atom is -0.394 e. The lowest BCUT2D eigenvalue weighted by molar-refractivity contribution is -0.377. The molecule has 0 aromatic heterocycles. The summed E-state index contributed by atoms with van der Waals surface area (Å²) in [5.74, 6) is 2.57. The first-order valence-electron chi connectivity index (χ1n) is 30.8. The van der Waals surface area contributed by atoms with E-state index in [2.05, 4.69) is 33.8 Å². The first-order valence-corrected chi connectivity index (χ1v) is 30.8. The smallest absolute Gasteiger partial charge is 0.187 e. The Morgan fingerprint density at radius 1 is 0.471 bits per heavy atom. The second kappa shape index (κ2) is 28.3. The first-order chi connectivity index (χ1) is 40.3. The Labute approximate surface area is 494 Å². The number of fused-ring (bicyclic) bond motifs is 5. The second-order valence-electron chi connectivity index (χ2n) is 26.7. The molecule has 0 aromatic carbocycles. The molecule has 3 saturated carbocycles. The molecule has 17 N–H and O–H groups in total. The molecule has 35 atom stereocenters. The fraction of sp³-hybridized carbons (Fsp3) is 0.966. The number of aliphatic hydroxyl groups is 17. The van der Waals surface area contributed by atoms with Crippen molar-refractivity contribution >= 4 is 0 Å². The summed E-state index contributed by atoms with van der Waals surface area (Å²) in [6, 6.07) is 0. The Bertz CT molecular complexity index is 2140. The zero-order valence-corrected chi connectivity index (χ0v) is 49.1. The molecule has 5 saturated heterocycles. The van der Waals surface area contributed by atoms with E-state index in [0.717, 1.165) is 57.8 Å². The molecule has 0 amide bonds. The standard InChI is InChI=1S/C58H98O27/c1-23(6-7-24(2)29-10-11-30-28-9-8-26-16-27(12-14-57(26,4)31(28)13-15-58(29,30)5)78-53-46(72)41(67)37(63)32(17-59)79-53)25(3)21-76-56-51(85-55-48(74)43(69)39(65)34(19-61)81-55)44(70)40(66)36(83-56)22-77-52-49(75)45(71)50(35(20-62)82-52)84-54-47(73)42(68)38(64)33(18-60)80-54/h8,23-25,27-56,59-75H,6-7,9-22H2,1-5H3. The number of hydrogen-bond donors (Lipinski definition) is 17. The molecule has 8 fully saturated rings. The highest BCUT2D eigenvalue weighted by Crippen LogP contribution is 2.67. The maximum atomic E-state index is 11.7. The lowest BCUT2D eigenvalue weighted by atomic mass is 9.47. The van der Waals surface area contributed by atoms with Crippen LogP contribution in [0.2, 0.25) is 0 Å². The second-order valence-corrected chi connectivity index (χ2v) is 26.7. The summed E-state index contributed by atoms with van der Waals surface area (Å²) < 4.78 is 58.7. The van der Waals surface area contributed by atoms with Crippen molar-refractivity contribution in [3.05, 3.63) is 11.6 Å². The fourth-order valence-corrected chi connectivity index (χ4v) is 16.1. The van der Waals surface area contributed by atoms with Crippen LogP contribution in [0.1, 0.15) is 98.8 Å². The minimum atomic E-state index is -1.93. The van der Waals surface area contributed by atoms with Gasteiger partial charge in [-0.3, -0.25) is 0 Å². The van der Waals surface area contributed by atoms with Crippen molar-refractivity contribution in [3.63, 3.8) is 0 Å². The molecular weight excluding hydrogens is 1130 g/mol. The van der Waals surface area contributed by atoms with Crippen molar-refractivity contribution in [2.75, 3.05) is 39.6 Å². The molecule has 0 aromatic rings. The van der Waals surface area contributed by atoms with Crippen LogP contribution in [0.15, 0.2) is 11.6 Å². The molecule has 27 heteroatoms. The van der Waals surface area contributed by atoms with Gasteiger partial charge in [0.05, 0.1) is 45.7 Å². The Morgan fingerprint density at radius 2 is 0.965 bits per heavy atom. The quantitative estimate of drug-likeness (QED) is 0.0484. The highest BCUT2D eigenvalue weighted by Gasteiger charge is 2.60. The zero-order valence-electron chi connectivity index (χ0n) is 49.1. The largest absolute Gasteiger partial charge is 0.394 e. The van der Waals surface area contributed by atoms with E-state index in [1.807, 2.05) is 6.92 Å². The van der Waals surface area contributed by atoms with Gasteiger partial charge in [0.1, 0.15) is 122 Å². The van der Waals surface area contributed by atoms with E-state index in [9.17, 15) is 86.8 Å². The molecule has 0 bridgehead atoms. The summed E-state index contributed by atoms with van der Waals surface area (Å²) in [5.41, 5.74) is 1.55. The van der Waals surface area contributed by atoms with Crippen LogP contribution in [0.5, 0.6) is 0 Å². The molecule has 0 spiro atoms. The third-order valence-corrected chi connectivity index (χ3v) is 21.7. The van der Waals surface area contributed by atoms with Crippen LogP contribution in [0.3, 0.4) is 0 Å². The lowest BCUT2D eigenvalue weighted by Gasteiger charge is -2.58. The van der Waals surface area contributed by atoms with Gasteiger partial charge >= 0.3 is 0 Å². The molecule has 0 radical (unpaired) electrons. The van der Waals surface area contributed by atoms with Crippen LogP contribution < -0.4 is 0 Å². The summed E-state index contributed by atoms with van der Waals surface area (Å²) in [6.45, 7) is 7.89. The Balaban J connectivity index is 0.803. The third kappa shape index (κ3) is 13.5. The number of allylic oxidation sites excluding steroid dienone is 1. The molecule has 492 valence electrons. The van der Waals surface area contributed by atoms with Gasteiger partial charge in [-0.05, 0) is 104 Å². The Hall–Kier alpha value is -1.34. The molecule has 9 rings (SSSR count). The van der Waals surface area contributed by atoms with E-state index in [4.69, 9.17) is 47.4 Å². The zero-order chi connectivity index (χ0) is 61.7. The maximum absolute atomic E-state index is 11.7. The molecule has 5 heterocycles. The van der Waals surface area contributed by atoms with E-state index in [1.54, 1.807) is 0 Å². The van der Waals surface area contributed by atoms with Gasteiger partial charge in [0.15, 0.2) is 31.5 Å². The average Bonchev–Trinajstić information content (AvgIpc) is 3.96. The van der Waals surface area contributed by atoms with Gasteiger partial charge in [-0.15, -0.1) is 0 Å². The van der Waals surface area contributed by atoms with Gasteiger partial charge in [0, 0.05) is 0 Å². The van der Waals surface area contributed by atoms with Crippen LogP contribution in [-0.4, -0.2) is 286 Å². The van der Waals surface area contributed by atoms with E-state index in [0.29, 0.717) is 36.0 Å². The van der Waals surface area contributed by atoms with Crippen LogP contribution in [0.4, 0.5) is 0 Å². The van der Waals surface area contributed by atoms with Crippen molar-refractivity contribution in [2.45, 2.75) is 258 Å². The van der Waals surface area contributed by atoms with Crippen molar-refractivity contribution in [3.8, 4) is 0 Å². The number of aliphatic hydroxyl groups excluding tert-OH is 17. The highest BCUT2D eigenvalue weighted by atomic mass is 16.8. The van der Waals surface area contributed by atoms with E-state index < -0.39 is 187 Å². The van der Waals surface area contributed by atoms with Gasteiger partial charge < -0.3 is 134 Å². The van der Waals surface area contributed by atoms with Crippen molar-refractivity contribution in [1.82, 2.24) is 0 Å². The van der Waals surface area contributed by atoms with Crippen LogP contribution in [0, 0.1) is 52.3 Å². The van der Waals surface area contributed by atoms with Gasteiger partial charge in [0.25, 0.3) is 0 Å². The van der Waals surface area contributed by atoms with Gasteiger partial charge in [-0.25, -0.2) is 0 Å². The Morgan fingerprint density at radius 3 is 1.53 bits per heavy atom. The normalized spacial score (nSPS) is 51.4. The van der Waals surface area contributed by atoms with Crippen LogP contribution >= 0.6 is 0 Å². The predicted octanol–water partition coefficient (Wildman–Crippen LogP) is -4.27. The van der Waals surface area contributed by atoms with Gasteiger partial charge in [-0.2, -0.15) is 0 Å². The summed E-state index contributed by atoms with van der Waals surface area (Å²) in [4.78, 5) is 0. The molecule has 4 aliphatic carbocycles. The average molecular weight is 1230 g/mol. The summed E-state index contributed by atoms with van der Waals surface area (Å²) in [6.07, 6.45) is -28.8. The minimum absolute atomic E-state index is 0.00843. The van der Waals surface area contributed by atoms with E-state index in [-0.39, 0.29) is 35.4 Å². The third-order valence-electron chi connectivity index (χ3n) is 21.7. The first kappa shape index (κ1) is 68.0. The summed E-state index contributed by atoms with van der Waals surface area (Å²) in [5, 5.41) is 179. The van der Waals surface area contributed by atoms with Crippen LogP contribution in [-0.2, 0) is 47.4 Å². The van der Waals surface area contributed by atoms with Gasteiger partial charge in [0.2, 0.25) is 0 Å². The monoisotopic (exact) mass is 1230 g/mol. The molecule has 85 heavy (non-hydrogen) atoms. The topological polar surface area (TPSA) is 436 Å². The fourth-order valence-electron chi connectivity index (χ4n) is 16.1. The van der Waals surface area contributed by atoms with Crippen LogP contribution in [0.25, 0.3) is 0 Å². The molecule has 35 unspecified atom stereocenters. The highest BCUT2D eigenvalue weighted by molar-refractivity contribution is 5.25.